The maximum Gasteiger partial charge on any atom is 0.258 e. The van der Waals surface area contributed by atoms with Crippen LogP contribution in [0.4, 0.5) is 0 Å². The molecule has 0 radical (unpaired) electrons. The molecule has 0 saturated carbocycles. The van der Waals surface area contributed by atoms with Gasteiger partial charge in [-0.1, -0.05) is 23.4 Å². The van der Waals surface area contributed by atoms with Gasteiger partial charge in [0.25, 0.3) is 5.89 Å². The lowest BCUT2D eigenvalue weighted by molar-refractivity contribution is 0.177. The first-order chi connectivity index (χ1) is 15.6. The minimum absolute atomic E-state index is 0.0177. The number of nitriles is 1. The van der Waals surface area contributed by atoms with Crippen LogP contribution < -0.4 is 4.74 Å². The second kappa shape index (κ2) is 8.38. The Bertz CT molecular complexity index is 1180. The van der Waals surface area contributed by atoms with E-state index in [1.165, 1.54) is 11.1 Å². The lowest BCUT2D eigenvalue weighted by Crippen LogP contribution is -2.26. The fraction of sp³-hybridized carbons (Fsp3) is 0.400. The molecule has 5 rings (SSSR count). The maximum atomic E-state index is 9.51. The van der Waals surface area contributed by atoms with Gasteiger partial charge in [-0.15, -0.1) is 0 Å². The Morgan fingerprint density at radius 2 is 2.19 bits per heavy atom. The quantitative estimate of drug-likeness (QED) is 0.632. The van der Waals surface area contributed by atoms with Gasteiger partial charge >= 0.3 is 0 Å². The van der Waals surface area contributed by atoms with Gasteiger partial charge in [0.2, 0.25) is 5.82 Å². The van der Waals surface area contributed by atoms with E-state index in [1.807, 2.05) is 32.0 Å². The topological polar surface area (TPSA) is 95.4 Å². The normalized spacial score (nSPS) is 19.7. The second-order valence-electron chi connectivity index (χ2n) is 8.74. The van der Waals surface area contributed by atoms with Crippen molar-refractivity contribution in [2.24, 2.45) is 5.92 Å². The summed E-state index contributed by atoms with van der Waals surface area (Å²) in [6.07, 6.45) is 2.11. The number of aromatic nitrogens is 2. The third kappa shape index (κ3) is 3.56. The fourth-order valence-electron chi connectivity index (χ4n) is 5.11. The summed E-state index contributed by atoms with van der Waals surface area (Å²) >= 11 is 0. The number of likely N-dealkylation sites (tertiary alicyclic amines) is 1. The first-order valence-corrected chi connectivity index (χ1v) is 11.1. The molecule has 0 amide bonds. The molecule has 1 N–H and O–H groups in total. The highest BCUT2D eigenvalue weighted by atomic mass is 16.5. The van der Waals surface area contributed by atoms with Crippen LogP contribution in [0.15, 0.2) is 40.9 Å². The lowest BCUT2D eigenvalue weighted by atomic mass is 10.0. The monoisotopic (exact) mass is 430 g/mol. The first kappa shape index (κ1) is 20.7. The Morgan fingerprint density at radius 1 is 1.31 bits per heavy atom. The number of ether oxygens (including phenoxy) is 1. The Labute approximate surface area is 187 Å². The van der Waals surface area contributed by atoms with Crippen molar-refractivity contribution in [2.45, 2.75) is 38.8 Å². The Morgan fingerprint density at radius 3 is 2.97 bits per heavy atom. The zero-order valence-corrected chi connectivity index (χ0v) is 18.3. The van der Waals surface area contributed by atoms with Crippen molar-refractivity contribution >= 4 is 0 Å². The predicted molar refractivity (Wildman–Crippen MR) is 119 cm³/mol. The summed E-state index contributed by atoms with van der Waals surface area (Å²) in [7, 11) is 0. The largest absolute Gasteiger partial charge is 0.490 e. The number of rotatable bonds is 6. The van der Waals surface area contributed by atoms with Gasteiger partial charge in [0.15, 0.2) is 0 Å². The highest BCUT2D eigenvalue weighted by molar-refractivity contribution is 5.67. The van der Waals surface area contributed by atoms with Crippen LogP contribution in [-0.2, 0) is 6.42 Å². The molecule has 164 valence electrons. The van der Waals surface area contributed by atoms with Gasteiger partial charge in [-0.3, -0.25) is 4.90 Å². The maximum absolute atomic E-state index is 9.51. The minimum Gasteiger partial charge on any atom is -0.490 e. The number of β-amino-alcohol motifs (C(OH)–C–C–N with tert-alkyl or cyclic N) is 1. The van der Waals surface area contributed by atoms with Crippen molar-refractivity contribution in [3.63, 3.8) is 0 Å². The number of hydrogen-bond donors (Lipinski definition) is 1. The number of benzene rings is 2. The molecule has 2 atom stereocenters. The molecule has 0 unspecified atom stereocenters. The van der Waals surface area contributed by atoms with Crippen molar-refractivity contribution in [2.75, 3.05) is 19.7 Å². The van der Waals surface area contributed by atoms with Gasteiger partial charge < -0.3 is 14.4 Å². The molecule has 1 aliphatic heterocycles. The second-order valence-corrected chi connectivity index (χ2v) is 8.74. The van der Waals surface area contributed by atoms with Crippen LogP contribution >= 0.6 is 0 Å². The van der Waals surface area contributed by atoms with E-state index in [9.17, 15) is 10.4 Å². The van der Waals surface area contributed by atoms with Crippen LogP contribution in [0, 0.1) is 17.2 Å². The summed E-state index contributed by atoms with van der Waals surface area (Å²) in [5.41, 5.74) is 4.71. The number of aliphatic hydroxyl groups is 1. The van der Waals surface area contributed by atoms with Crippen LogP contribution in [0.3, 0.4) is 0 Å². The standard InChI is InChI=1S/C25H26N4O3/c1-15(2)31-22-7-6-17(12-18(22)14-26)25-27-24(28-32-25)20-5-3-4-19-21(20)13-16-8-9-29(10-11-30)23(16)19/h3-7,12,15-16,23,30H,8-11,13H2,1-2H3/t16-,23-/m1/s1. The molecular weight excluding hydrogens is 404 g/mol. The van der Waals surface area contributed by atoms with E-state index >= 15 is 0 Å². The molecule has 2 aliphatic rings. The summed E-state index contributed by atoms with van der Waals surface area (Å²) in [4.78, 5) is 7.04. The number of aliphatic hydroxyl groups excluding tert-OH is 1. The molecule has 2 aromatic carbocycles. The van der Waals surface area contributed by atoms with Crippen molar-refractivity contribution in [1.82, 2.24) is 15.0 Å². The summed E-state index contributed by atoms with van der Waals surface area (Å²) in [5.74, 6) is 2.05. The average molecular weight is 431 g/mol. The van der Waals surface area contributed by atoms with E-state index in [1.54, 1.807) is 12.1 Å². The Balaban J connectivity index is 1.46. The molecule has 32 heavy (non-hydrogen) atoms. The minimum atomic E-state index is -0.0177. The van der Waals surface area contributed by atoms with Gasteiger partial charge in [0.1, 0.15) is 11.8 Å². The van der Waals surface area contributed by atoms with E-state index < -0.39 is 0 Å². The molecule has 1 aromatic heterocycles. The van der Waals surface area contributed by atoms with Gasteiger partial charge in [-0.25, -0.2) is 0 Å². The van der Waals surface area contributed by atoms with Gasteiger partial charge in [-0.2, -0.15) is 10.2 Å². The Hall–Kier alpha value is -3.21. The molecule has 1 fully saturated rings. The summed E-state index contributed by atoms with van der Waals surface area (Å²) in [5, 5.41) is 23.2. The van der Waals surface area contributed by atoms with Crippen molar-refractivity contribution < 1.29 is 14.4 Å². The summed E-state index contributed by atoms with van der Waals surface area (Å²) < 4.78 is 11.3. The number of nitrogens with zero attached hydrogens (tertiary/aromatic N) is 4. The first-order valence-electron chi connectivity index (χ1n) is 11.1. The predicted octanol–water partition coefficient (Wildman–Crippen LogP) is 3.97. The van der Waals surface area contributed by atoms with Crippen LogP contribution in [0.2, 0.25) is 0 Å². The van der Waals surface area contributed by atoms with E-state index in [-0.39, 0.29) is 12.7 Å². The van der Waals surface area contributed by atoms with Gasteiger partial charge in [0.05, 0.1) is 18.3 Å². The molecule has 3 aromatic rings. The van der Waals surface area contributed by atoms with Crippen LogP contribution in [-0.4, -0.2) is 45.9 Å². The van der Waals surface area contributed by atoms with E-state index in [2.05, 4.69) is 27.2 Å². The van der Waals surface area contributed by atoms with E-state index in [0.717, 1.165) is 24.9 Å². The number of hydrogen-bond acceptors (Lipinski definition) is 7. The zero-order chi connectivity index (χ0) is 22.2. The van der Waals surface area contributed by atoms with E-state index in [4.69, 9.17) is 9.26 Å². The number of fused-ring (bicyclic) bond motifs is 3. The third-order valence-corrected chi connectivity index (χ3v) is 6.39. The van der Waals surface area contributed by atoms with Gasteiger partial charge in [-0.05, 0) is 68.5 Å². The smallest absolute Gasteiger partial charge is 0.258 e. The van der Waals surface area contributed by atoms with Gasteiger partial charge in [0, 0.05) is 23.7 Å². The van der Waals surface area contributed by atoms with Crippen molar-refractivity contribution in [3.05, 3.63) is 53.1 Å². The lowest BCUT2D eigenvalue weighted by Gasteiger charge is -2.24. The molecule has 1 saturated heterocycles. The zero-order valence-electron chi connectivity index (χ0n) is 18.3. The van der Waals surface area contributed by atoms with Crippen molar-refractivity contribution in [3.8, 4) is 34.7 Å². The summed E-state index contributed by atoms with van der Waals surface area (Å²) in [6.45, 7) is 5.76. The molecule has 0 bridgehead atoms. The fourth-order valence-corrected chi connectivity index (χ4v) is 5.11. The van der Waals surface area contributed by atoms with E-state index in [0.29, 0.717) is 47.1 Å². The van der Waals surface area contributed by atoms with Crippen LogP contribution in [0.1, 0.15) is 43.0 Å². The molecule has 0 spiro atoms. The highest BCUT2D eigenvalue weighted by Gasteiger charge is 2.42. The highest BCUT2D eigenvalue weighted by Crippen LogP contribution is 2.48. The third-order valence-electron chi connectivity index (χ3n) is 6.39. The van der Waals surface area contributed by atoms with Crippen LogP contribution in [0.25, 0.3) is 22.8 Å². The molecule has 1 aliphatic carbocycles. The molecule has 7 heteroatoms. The average Bonchev–Trinajstić information content (AvgIpc) is 3.50. The molecular formula is C25H26N4O3. The van der Waals surface area contributed by atoms with Crippen molar-refractivity contribution in [1.29, 1.82) is 5.26 Å². The summed E-state index contributed by atoms with van der Waals surface area (Å²) in [6, 6.07) is 14.2. The van der Waals surface area contributed by atoms with Crippen LogP contribution in [0.5, 0.6) is 5.75 Å². The molecule has 7 nitrogen and oxygen atoms in total. The molecule has 2 heterocycles. The SMILES string of the molecule is CC(C)Oc1ccc(-c2nc(-c3cccc4c3C[C@H]3CCN(CCO)[C@@H]43)no2)cc1C#N. The Kier molecular flexibility index (Phi) is 5.41.